The van der Waals surface area contributed by atoms with E-state index in [9.17, 15) is 9.59 Å². The average molecular weight is 543 g/mol. The fraction of sp³-hybridized carbons (Fsp3) is 0.300. The molecule has 3 aromatic rings. The lowest BCUT2D eigenvalue weighted by molar-refractivity contribution is -0.142. The van der Waals surface area contributed by atoms with E-state index in [4.69, 9.17) is 33.5 Å². The molecule has 1 fully saturated rings. The molecule has 0 saturated carbocycles. The summed E-state index contributed by atoms with van der Waals surface area (Å²) in [7, 11) is -0.744. The van der Waals surface area contributed by atoms with Crippen molar-refractivity contribution in [1.82, 2.24) is 0 Å². The van der Waals surface area contributed by atoms with Gasteiger partial charge in [0.15, 0.2) is 0 Å². The van der Waals surface area contributed by atoms with Gasteiger partial charge in [0.1, 0.15) is 35.4 Å². The Morgan fingerprint density at radius 1 is 0.800 bits per heavy atom. The van der Waals surface area contributed by atoms with Crippen LogP contribution in [-0.2, 0) is 30.2 Å². The zero-order valence-electron chi connectivity index (χ0n) is 23.3. The number of hydrogen-bond donors (Lipinski definition) is 0. The molecule has 1 saturated heterocycles. The van der Waals surface area contributed by atoms with Crippen molar-refractivity contribution in [3.05, 3.63) is 71.8 Å². The van der Waals surface area contributed by atoms with Crippen LogP contribution in [0.3, 0.4) is 0 Å². The predicted molar refractivity (Wildman–Crippen MR) is 147 cm³/mol. The van der Waals surface area contributed by atoms with Gasteiger partial charge in [-0.3, -0.25) is 9.59 Å². The average Bonchev–Trinajstić information content (AvgIpc) is 3.10. The highest BCUT2D eigenvalue weighted by Gasteiger charge is 2.52. The smallest absolute Gasteiger partial charge is 0.461 e. The summed E-state index contributed by atoms with van der Waals surface area (Å²) < 4.78 is 35.1. The molecule has 9 nitrogen and oxygen atoms in total. The molecule has 3 aromatic carbocycles. The van der Waals surface area contributed by atoms with Crippen LogP contribution in [-0.4, -0.2) is 30.3 Å². The normalized spacial score (nSPS) is 15.2. The van der Waals surface area contributed by atoms with Gasteiger partial charge in [-0.15, -0.1) is 0 Å². The van der Waals surface area contributed by atoms with Crippen LogP contribution in [0.15, 0.2) is 60.7 Å². The first-order chi connectivity index (χ1) is 18.9. The largest absolute Gasteiger partial charge is 0.498 e. The number of carbonyl (C=O) groups is 2. The van der Waals surface area contributed by atoms with Crippen LogP contribution in [0, 0.1) is 11.3 Å². The summed E-state index contributed by atoms with van der Waals surface area (Å²) in [6.45, 7) is 10.3. The minimum Gasteiger partial charge on any atom is -0.461 e. The van der Waals surface area contributed by atoms with Crippen LogP contribution in [0.25, 0.3) is 0 Å². The molecule has 0 aromatic heterocycles. The van der Waals surface area contributed by atoms with Crippen molar-refractivity contribution in [2.45, 2.75) is 59.4 Å². The highest BCUT2D eigenvalue weighted by atomic mass is 16.7. The van der Waals surface area contributed by atoms with Crippen molar-refractivity contribution in [2.24, 2.45) is 0 Å². The van der Waals surface area contributed by atoms with Gasteiger partial charge in [-0.05, 0) is 76.2 Å². The Morgan fingerprint density at radius 3 is 2.00 bits per heavy atom. The second-order valence-electron chi connectivity index (χ2n) is 10.3. The van der Waals surface area contributed by atoms with Crippen LogP contribution in [0.1, 0.15) is 52.7 Å². The van der Waals surface area contributed by atoms with Gasteiger partial charge in [-0.1, -0.05) is 6.07 Å². The molecular weight excluding hydrogens is 513 g/mol. The molecule has 10 heteroatoms. The summed E-state index contributed by atoms with van der Waals surface area (Å²) in [5.74, 6) is 1.09. The molecule has 40 heavy (non-hydrogen) atoms. The monoisotopic (exact) mass is 543 g/mol. The highest BCUT2D eigenvalue weighted by molar-refractivity contribution is 6.63. The van der Waals surface area contributed by atoms with Gasteiger partial charge in [0, 0.05) is 30.9 Å². The Hall–Kier alpha value is -4.33. The van der Waals surface area contributed by atoms with Crippen LogP contribution < -0.4 is 19.7 Å². The summed E-state index contributed by atoms with van der Waals surface area (Å²) in [6.07, 6.45) is 0. The number of esters is 2. The predicted octanol–water partition coefficient (Wildman–Crippen LogP) is 5.43. The third kappa shape index (κ3) is 6.62. The number of rotatable bonds is 8. The fourth-order valence-electron chi connectivity index (χ4n) is 3.86. The van der Waals surface area contributed by atoms with Crippen LogP contribution >= 0.6 is 0 Å². The maximum Gasteiger partial charge on any atom is 0.498 e. The van der Waals surface area contributed by atoms with Crippen LogP contribution in [0.4, 0.5) is 0 Å². The minimum atomic E-state index is -0.744. The Morgan fingerprint density at radius 2 is 1.40 bits per heavy atom. The molecule has 0 N–H and O–H groups in total. The van der Waals surface area contributed by atoms with E-state index in [2.05, 4.69) is 6.07 Å². The third-order valence-corrected chi connectivity index (χ3v) is 6.66. The van der Waals surface area contributed by atoms with E-state index >= 15 is 0 Å². The van der Waals surface area contributed by atoms with Crippen molar-refractivity contribution in [3.63, 3.8) is 0 Å². The maximum absolute atomic E-state index is 11.9. The first-order valence-corrected chi connectivity index (χ1v) is 12.7. The zero-order valence-corrected chi connectivity index (χ0v) is 23.3. The molecule has 0 bridgehead atoms. The lowest BCUT2D eigenvalue weighted by atomic mass is 9.78. The van der Waals surface area contributed by atoms with Crippen molar-refractivity contribution < 1.29 is 37.8 Å². The molecule has 1 heterocycles. The quantitative estimate of drug-likeness (QED) is 0.208. The van der Waals surface area contributed by atoms with Crippen LogP contribution in [0.2, 0.25) is 0 Å². The molecule has 206 valence electrons. The van der Waals surface area contributed by atoms with E-state index in [0.717, 1.165) is 0 Å². The minimum absolute atomic E-state index is 0.0575. The summed E-state index contributed by atoms with van der Waals surface area (Å²) in [4.78, 5) is 23.4. The molecule has 0 atom stereocenters. The molecule has 1 aliphatic rings. The van der Waals surface area contributed by atoms with E-state index in [1.54, 1.807) is 60.7 Å². The lowest BCUT2D eigenvalue weighted by Crippen LogP contribution is -2.41. The van der Waals surface area contributed by atoms with Crippen molar-refractivity contribution in [1.29, 1.82) is 5.26 Å². The Bertz CT molecular complexity index is 1440. The fourth-order valence-corrected chi connectivity index (χ4v) is 3.86. The number of ether oxygens (including phenoxy) is 4. The van der Waals surface area contributed by atoms with Gasteiger partial charge in [0.25, 0.3) is 0 Å². The van der Waals surface area contributed by atoms with Gasteiger partial charge in [-0.2, -0.15) is 5.26 Å². The Balaban J connectivity index is 1.62. The maximum atomic E-state index is 11.9. The molecule has 0 radical (unpaired) electrons. The number of nitriles is 1. The first kappa shape index (κ1) is 28.7. The van der Waals surface area contributed by atoms with Crippen molar-refractivity contribution in [3.8, 4) is 34.8 Å². The molecule has 0 spiro atoms. The van der Waals surface area contributed by atoms with Crippen molar-refractivity contribution >= 4 is 24.5 Å². The number of hydrogen-bond acceptors (Lipinski definition) is 9. The SMILES string of the molecule is CC(=O)OCc1cc(Oc2ccc(C#N)cc2)ccc1Oc1ccc(B2OC(C)(C)C(C)(C)O2)c(OC(C)=O)c1. The second-order valence-corrected chi connectivity index (χ2v) is 10.3. The summed E-state index contributed by atoms with van der Waals surface area (Å²) in [5.41, 5.74) is 0.461. The van der Waals surface area contributed by atoms with Crippen LogP contribution in [0.5, 0.6) is 28.7 Å². The number of benzene rings is 3. The first-order valence-electron chi connectivity index (χ1n) is 12.7. The topological polar surface area (TPSA) is 113 Å². The van der Waals surface area contributed by atoms with E-state index in [1.807, 2.05) is 27.7 Å². The summed E-state index contributed by atoms with van der Waals surface area (Å²) in [6, 6.07) is 18.9. The Labute approximate surface area is 233 Å². The van der Waals surface area contributed by atoms with E-state index < -0.39 is 30.3 Å². The second kappa shape index (κ2) is 11.4. The molecule has 0 unspecified atom stereocenters. The molecule has 4 rings (SSSR count). The Kier molecular flexibility index (Phi) is 8.19. The van der Waals surface area contributed by atoms with E-state index in [0.29, 0.717) is 39.6 Å². The molecular formula is C30H30BNO8. The van der Waals surface area contributed by atoms with Gasteiger partial charge in [0.2, 0.25) is 0 Å². The number of nitrogens with zero attached hydrogens (tertiary/aromatic N) is 1. The van der Waals surface area contributed by atoms with Gasteiger partial charge in [-0.25, -0.2) is 0 Å². The van der Waals surface area contributed by atoms with Crippen molar-refractivity contribution in [2.75, 3.05) is 0 Å². The van der Waals surface area contributed by atoms with E-state index in [-0.39, 0.29) is 12.4 Å². The van der Waals surface area contributed by atoms with Gasteiger partial charge >= 0.3 is 19.1 Å². The highest BCUT2D eigenvalue weighted by Crippen LogP contribution is 2.38. The zero-order chi connectivity index (χ0) is 29.1. The summed E-state index contributed by atoms with van der Waals surface area (Å²) >= 11 is 0. The van der Waals surface area contributed by atoms with Gasteiger partial charge < -0.3 is 28.3 Å². The number of carbonyl (C=O) groups excluding carboxylic acids is 2. The van der Waals surface area contributed by atoms with E-state index in [1.165, 1.54) is 13.8 Å². The third-order valence-electron chi connectivity index (χ3n) is 6.66. The standard InChI is InChI=1S/C30H30BNO8/c1-19(33)35-18-22-15-24(37-23-9-7-21(17-32)8-10-23)12-14-27(22)38-25-11-13-26(28(16-25)36-20(2)34)31-39-29(3,4)30(5,6)40-31/h7-16H,18H2,1-6H3. The lowest BCUT2D eigenvalue weighted by Gasteiger charge is -2.32. The summed E-state index contributed by atoms with van der Waals surface area (Å²) in [5, 5.41) is 9.00. The van der Waals surface area contributed by atoms with Gasteiger partial charge in [0.05, 0.1) is 22.8 Å². The molecule has 0 aliphatic carbocycles. The molecule has 1 aliphatic heterocycles. The molecule has 0 amide bonds.